The van der Waals surface area contributed by atoms with Crippen LogP contribution in [-0.4, -0.2) is 16.3 Å². The highest BCUT2D eigenvalue weighted by molar-refractivity contribution is 9.09. The summed E-state index contributed by atoms with van der Waals surface area (Å²) in [4.78, 5) is 2.60. The van der Waals surface area contributed by atoms with Gasteiger partial charge >= 0.3 is 0 Å². The van der Waals surface area contributed by atoms with Crippen molar-refractivity contribution in [1.82, 2.24) is 4.90 Å². The first-order valence-corrected chi connectivity index (χ1v) is 9.19. The minimum absolute atomic E-state index is 0.556. The van der Waals surface area contributed by atoms with Gasteiger partial charge in [0.05, 0.1) is 0 Å². The molecular weight excluding hydrogens is 334 g/mol. The predicted octanol–water partition coefficient (Wildman–Crippen LogP) is 5.50. The van der Waals surface area contributed by atoms with Crippen LogP contribution >= 0.6 is 15.9 Å². The summed E-state index contributed by atoms with van der Waals surface area (Å²) in [6.45, 7) is 6.61. The zero-order valence-corrected chi connectivity index (χ0v) is 15.2. The molecule has 0 bridgehead atoms. The number of rotatable bonds is 8. The molecule has 0 amide bonds. The van der Waals surface area contributed by atoms with Gasteiger partial charge < -0.3 is 0 Å². The third-order valence-electron chi connectivity index (χ3n) is 3.89. The second kappa shape index (κ2) is 9.12. The molecule has 0 aromatic heterocycles. The van der Waals surface area contributed by atoms with Gasteiger partial charge in [-0.05, 0) is 23.5 Å². The van der Waals surface area contributed by atoms with Crippen LogP contribution < -0.4 is 0 Å². The molecule has 118 valence electrons. The standard InChI is InChI=1S/C20H26BrN/c1-17(2)13-20(14-21)22(15-18-9-5-3-6-10-18)16-19-11-7-4-8-12-19/h3-12,17,20H,13-16H2,1-2H3/t20-/m0/s1. The van der Waals surface area contributed by atoms with Gasteiger partial charge in [-0.25, -0.2) is 0 Å². The minimum Gasteiger partial charge on any atom is -0.291 e. The SMILES string of the molecule is CC(C)C[C@@H](CBr)N(Cc1ccccc1)Cc1ccccc1. The lowest BCUT2D eigenvalue weighted by Gasteiger charge is -2.32. The fourth-order valence-corrected chi connectivity index (χ4v) is 3.48. The molecular formula is C20H26BrN. The summed E-state index contributed by atoms with van der Waals surface area (Å²) in [5.74, 6) is 0.705. The Labute approximate surface area is 143 Å². The van der Waals surface area contributed by atoms with E-state index in [1.807, 2.05) is 0 Å². The molecule has 1 nitrogen and oxygen atoms in total. The smallest absolute Gasteiger partial charge is 0.0240 e. The summed E-state index contributed by atoms with van der Waals surface area (Å²) in [5, 5.41) is 1.02. The molecule has 2 rings (SSSR count). The zero-order valence-electron chi connectivity index (χ0n) is 13.6. The van der Waals surface area contributed by atoms with Gasteiger partial charge in [-0.3, -0.25) is 4.90 Å². The van der Waals surface area contributed by atoms with Crippen LogP contribution in [0.5, 0.6) is 0 Å². The van der Waals surface area contributed by atoms with Crippen LogP contribution in [0.2, 0.25) is 0 Å². The largest absolute Gasteiger partial charge is 0.291 e. The van der Waals surface area contributed by atoms with Gasteiger partial charge in [-0.1, -0.05) is 90.4 Å². The first-order chi connectivity index (χ1) is 10.7. The summed E-state index contributed by atoms with van der Waals surface area (Å²) in [7, 11) is 0. The molecule has 22 heavy (non-hydrogen) atoms. The summed E-state index contributed by atoms with van der Waals surface area (Å²) in [5.41, 5.74) is 2.77. The second-order valence-electron chi connectivity index (χ2n) is 6.31. The van der Waals surface area contributed by atoms with Gasteiger partial charge in [0, 0.05) is 24.5 Å². The van der Waals surface area contributed by atoms with Gasteiger partial charge in [0.1, 0.15) is 0 Å². The highest BCUT2D eigenvalue weighted by atomic mass is 79.9. The number of halogens is 1. The normalized spacial score (nSPS) is 12.8. The molecule has 0 saturated heterocycles. The van der Waals surface area contributed by atoms with Crippen molar-refractivity contribution >= 4 is 15.9 Å². The van der Waals surface area contributed by atoms with E-state index in [-0.39, 0.29) is 0 Å². The Morgan fingerprint density at radius 1 is 0.818 bits per heavy atom. The number of hydrogen-bond donors (Lipinski definition) is 0. The van der Waals surface area contributed by atoms with E-state index in [2.05, 4.69) is 95.3 Å². The fourth-order valence-electron chi connectivity index (χ4n) is 2.80. The van der Waals surface area contributed by atoms with Crippen LogP contribution in [-0.2, 0) is 13.1 Å². The van der Waals surface area contributed by atoms with Crippen molar-refractivity contribution in [3.05, 3.63) is 71.8 Å². The Hall–Kier alpha value is -1.12. The second-order valence-corrected chi connectivity index (χ2v) is 6.96. The molecule has 2 heteroatoms. The van der Waals surface area contributed by atoms with E-state index in [9.17, 15) is 0 Å². The molecule has 0 fully saturated rings. The van der Waals surface area contributed by atoms with Gasteiger partial charge in [-0.2, -0.15) is 0 Å². The number of nitrogens with zero attached hydrogens (tertiary/aromatic N) is 1. The van der Waals surface area contributed by atoms with E-state index >= 15 is 0 Å². The average Bonchev–Trinajstić information content (AvgIpc) is 2.54. The fraction of sp³-hybridized carbons (Fsp3) is 0.400. The highest BCUT2D eigenvalue weighted by Gasteiger charge is 2.19. The Morgan fingerprint density at radius 3 is 1.64 bits per heavy atom. The third kappa shape index (κ3) is 5.58. The molecule has 0 spiro atoms. The molecule has 0 aliphatic carbocycles. The van der Waals surface area contributed by atoms with Crippen molar-refractivity contribution in [1.29, 1.82) is 0 Å². The Bertz CT molecular complexity index is 482. The van der Waals surface area contributed by atoms with E-state index in [0.717, 1.165) is 18.4 Å². The molecule has 0 saturated carbocycles. The van der Waals surface area contributed by atoms with E-state index in [4.69, 9.17) is 0 Å². The number of benzene rings is 2. The van der Waals surface area contributed by atoms with E-state index in [1.165, 1.54) is 17.5 Å². The molecule has 0 N–H and O–H groups in total. The molecule has 1 atom stereocenters. The van der Waals surface area contributed by atoms with Crippen LogP contribution in [0.15, 0.2) is 60.7 Å². The van der Waals surface area contributed by atoms with Crippen molar-refractivity contribution in [2.75, 3.05) is 5.33 Å². The lowest BCUT2D eigenvalue weighted by molar-refractivity contribution is 0.173. The first-order valence-electron chi connectivity index (χ1n) is 8.07. The summed E-state index contributed by atoms with van der Waals surface area (Å²) >= 11 is 3.73. The Morgan fingerprint density at radius 2 is 1.27 bits per heavy atom. The number of alkyl halides is 1. The van der Waals surface area contributed by atoms with Crippen molar-refractivity contribution in [2.24, 2.45) is 5.92 Å². The molecule has 2 aromatic carbocycles. The molecule has 0 aliphatic rings. The maximum Gasteiger partial charge on any atom is 0.0240 e. The van der Waals surface area contributed by atoms with Crippen LogP contribution in [0.25, 0.3) is 0 Å². The topological polar surface area (TPSA) is 3.24 Å². The third-order valence-corrected chi connectivity index (χ3v) is 4.64. The van der Waals surface area contributed by atoms with E-state index < -0.39 is 0 Å². The van der Waals surface area contributed by atoms with Gasteiger partial charge in [0.2, 0.25) is 0 Å². The van der Waals surface area contributed by atoms with E-state index in [0.29, 0.717) is 12.0 Å². The maximum absolute atomic E-state index is 3.73. The number of hydrogen-bond acceptors (Lipinski definition) is 1. The summed E-state index contributed by atoms with van der Waals surface area (Å²) in [6, 6.07) is 22.1. The zero-order chi connectivity index (χ0) is 15.8. The van der Waals surface area contributed by atoms with Gasteiger partial charge in [0.15, 0.2) is 0 Å². The van der Waals surface area contributed by atoms with Crippen molar-refractivity contribution in [3.63, 3.8) is 0 Å². The maximum atomic E-state index is 3.73. The first kappa shape index (κ1) is 17.2. The summed E-state index contributed by atoms with van der Waals surface area (Å²) in [6.07, 6.45) is 1.21. The monoisotopic (exact) mass is 359 g/mol. The van der Waals surface area contributed by atoms with Crippen LogP contribution in [0, 0.1) is 5.92 Å². The molecule has 0 unspecified atom stereocenters. The quantitative estimate of drug-likeness (QED) is 0.562. The van der Waals surface area contributed by atoms with Gasteiger partial charge in [-0.15, -0.1) is 0 Å². The lowest BCUT2D eigenvalue weighted by Crippen LogP contribution is -2.36. The minimum atomic E-state index is 0.556. The summed E-state index contributed by atoms with van der Waals surface area (Å²) < 4.78 is 0. The van der Waals surface area contributed by atoms with E-state index in [1.54, 1.807) is 0 Å². The average molecular weight is 360 g/mol. The van der Waals surface area contributed by atoms with Crippen LogP contribution in [0.1, 0.15) is 31.4 Å². The lowest BCUT2D eigenvalue weighted by atomic mass is 10.0. The molecule has 0 aliphatic heterocycles. The molecule has 0 radical (unpaired) electrons. The highest BCUT2D eigenvalue weighted by Crippen LogP contribution is 2.20. The Kier molecular flexibility index (Phi) is 7.14. The van der Waals surface area contributed by atoms with Gasteiger partial charge in [0.25, 0.3) is 0 Å². The van der Waals surface area contributed by atoms with Crippen LogP contribution in [0.4, 0.5) is 0 Å². The Balaban J connectivity index is 2.15. The van der Waals surface area contributed by atoms with Crippen molar-refractivity contribution in [2.45, 2.75) is 39.4 Å². The van der Waals surface area contributed by atoms with Crippen LogP contribution in [0.3, 0.4) is 0 Å². The van der Waals surface area contributed by atoms with Crippen molar-refractivity contribution in [3.8, 4) is 0 Å². The van der Waals surface area contributed by atoms with Crippen molar-refractivity contribution < 1.29 is 0 Å². The predicted molar refractivity (Wildman–Crippen MR) is 99.2 cm³/mol. The molecule has 0 heterocycles. The molecule has 2 aromatic rings.